The molecule has 0 fully saturated rings. The zero-order valence-corrected chi connectivity index (χ0v) is 20.3. The highest BCUT2D eigenvalue weighted by atomic mass is 35.5. The Labute approximate surface area is 209 Å². The number of rotatable bonds is 4. The summed E-state index contributed by atoms with van der Waals surface area (Å²) in [7, 11) is 0. The molecule has 2 amide bonds. The van der Waals surface area contributed by atoms with Crippen molar-refractivity contribution in [2.75, 3.05) is 18.0 Å². The number of benzene rings is 3. The molecule has 0 aliphatic carbocycles. The highest BCUT2D eigenvalue weighted by molar-refractivity contribution is 6.30. The van der Waals surface area contributed by atoms with Crippen molar-refractivity contribution in [3.8, 4) is 5.75 Å². The van der Waals surface area contributed by atoms with E-state index >= 15 is 0 Å². The smallest absolute Gasteiger partial charge is 0.271 e. The summed E-state index contributed by atoms with van der Waals surface area (Å²) >= 11 is 5.95. The molecule has 7 heteroatoms. The number of ketones is 1. The Morgan fingerprint density at radius 1 is 0.971 bits per heavy atom. The van der Waals surface area contributed by atoms with Gasteiger partial charge in [-0.1, -0.05) is 35.9 Å². The van der Waals surface area contributed by atoms with Crippen molar-refractivity contribution in [2.45, 2.75) is 32.4 Å². The number of hydrogen-bond donors (Lipinski definition) is 0. The van der Waals surface area contributed by atoms with Gasteiger partial charge in [-0.25, -0.2) is 0 Å². The van der Waals surface area contributed by atoms with Crippen molar-refractivity contribution in [3.05, 3.63) is 94.0 Å². The van der Waals surface area contributed by atoms with Crippen LogP contribution in [-0.2, 0) is 17.8 Å². The molecule has 3 aromatic carbocycles. The Hall–Kier alpha value is -3.64. The minimum Gasteiger partial charge on any atom is -0.476 e. The van der Waals surface area contributed by atoms with Crippen LogP contribution in [0.5, 0.6) is 5.75 Å². The van der Waals surface area contributed by atoms with E-state index in [0.29, 0.717) is 40.7 Å². The molecule has 35 heavy (non-hydrogen) atoms. The van der Waals surface area contributed by atoms with Gasteiger partial charge in [0.15, 0.2) is 11.4 Å². The first-order valence-electron chi connectivity index (χ1n) is 11.5. The van der Waals surface area contributed by atoms with Crippen LogP contribution in [0.2, 0.25) is 5.02 Å². The van der Waals surface area contributed by atoms with Crippen molar-refractivity contribution < 1.29 is 19.1 Å². The number of carbonyl (C=O) groups is 3. The van der Waals surface area contributed by atoms with Crippen LogP contribution in [0.25, 0.3) is 0 Å². The molecular formula is C28H25ClN2O4. The molecule has 0 bridgehead atoms. The highest BCUT2D eigenvalue weighted by Gasteiger charge is 2.42. The summed E-state index contributed by atoms with van der Waals surface area (Å²) in [5.41, 5.74) is 2.57. The lowest BCUT2D eigenvalue weighted by atomic mass is 9.98. The first-order chi connectivity index (χ1) is 16.7. The third kappa shape index (κ3) is 4.42. The zero-order chi connectivity index (χ0) is 24.7. The number of anilines is 1. The molecule has 2 aliphatic rings. The van der Waals surface area contributed by atoms with Gasteiger partial charge < -0.3 is 9.64 Å². The van der Waals surface area contributed by atoms with Gasteiger partial charge in [0.1, 0.15) is 5.75 Å². The number of carbonyl (C=O) groups excluding carboxylic acids is 3. The first-order valence-corrected chi connectivity index (χ1v) is 11.9. The van der Waals surface area contributed by atoms with Crippen molar-refractivity contribution in [2.24, 2.45) is 0 Å². The first kappa shape index (κ1) is 23.1. The standard InChI is InChI=1S/C28H25ClN2O4/c1-28(2)27(34)31(17-24(32)19-7-10-22(29)11-8-19)23-15-20(9-12-25(23)35-28)26(33)30-14-13-18-5-3-4-6-21(18)16-30/h3-12,15H,13-14,16-17H2,1-2H3. The van der Waals surface area contributed by atoms with Gasteiger partial charge in [0.2, 0.25) is 0 Å². The lowest BCUT2D eigenvalue weighted by Gasteiger charge is -2.38. The molecule has 0 atom stereocenters. The van der Waals surface area contributed by atoms with E-state index in [-0.39, 0.29) is 24.1 Å². The van der Waals surface area contributed by atoms with Gasteiger partial charge >= 0.3 is 0 Å². The zero-order valence-electron chi connectivity index (χ0n) is 19.6. The molecule has 2 heterocycles. The number of nitrogens with zero attached hydrogens (tertiary/aromatic N) is 2. The molecule has 2 aliphatic heterocycles. The second-order valence-corrected chi connectivity index (χ2v) is 9.80. The topological polar surface area (TPSA) is 66.9 Å². The molecule has 0 N–H and O–H groups in total. The Morgan fingerprint density at radius 2 is 1.66 bits per heavy atom. The molecule has 5 rings (SSSR count). The average molecular weight is 489 g/mol. The number of ether oxygens (including phenoxy) is 1. The van der Waals surface area contributed by atoms with Crippen LogP contribution >= 0.6 is 11.6 Å². The van der Waals surface area contributed by atoms with Crippen molar-refractivity contribution >= 4 is 34.9 Å². The highest BCUT2D eigenvalue weighted by Crippen LogP contribution is 2.39. The summed E-state index contributed by atoms with van der Waals surface area (Å²) in [6, 6.07) is 19.7. The van der Waals surface area contributed by atoms with E-state index in [1.54, 1.807) is 56.3 Å². The van der Waals surface area contributed by atoms with E-state index in [0.717, 1.165) is 12.0 Å². The lowest BCUT2D eigenvalue weighted by Crippen LogP contribution is -2.54. The molecule has 3 aromatic rings. The molecule has 0 radical (unpaired) electrons. The van der Waals surface area contributed by atoms with Crippen molar-refractivity contribution in [3.63, 3.8) is 0 Å². The van der Waals surface area contributed by atoms with Crippen LogP contribution in [0.4, 0.5) is 5.69 Å². The van der Waals surface area contributed by atoms with Crippen LogP contribution in [0.3, 0.4) is 0 Å². The van der Waals surface area contributed by atoms with Crippen LogP contribution in [-0.4, -0.2) is 41.2 Å². The summed E-state index contributed by atoms with van der Waals surface area (Å²) in [5.74, 6) is -0.241. The van der Waals surface area contributed by atoms with Gasteiger partial charge in [0, 0.05) is 29.2 Å². The number of Topliss-reactive ketones (excluding diaryl/α,β-unsaturated/α-hetero) is 1. The van der Waals surface area contributed by atoms with Crippen molar-refractivity contribution in [1.29, 1.82) is 0 Å². The van der Waals surface area contributed by atoms with Gasteiger partial charge in [0.25, 0.3) is 11.8 Å². The Kier molecular flexibility index (Phi) is 5.85. The summed E-state index contributed by atoms with van der Waals surface area (Å²) in [4.78, 5) is 42.9. The van der Waals surface area contributed by atoms with Crippen LogP contribution in [0, 0.1) is 0 Å². The van der Waals surface area contributed by atoms with Gasteiger partial charge in [-0.05, 0) is 73.9 Å². The van der Waals surface area contributed by atoms with Crippen molar-refractivity contribution in [1.82, 2.24) is 4.90 Å². The second kappa shape index (κ2) is 8.86. The minimum atomic E-state index is -1.14. The van der Waals surface area contributed by atoms with Gasteiger partial charge in [-0.15, -0.1) is 0 Å². The number of fused-ring (bicyclic) bond motifs is 2. The van der Waals surface area contributed by atoms with E-state index in [2.05, 4.69) is 6.07 Å². The molecule has 0 saturated carbocycles. The molecule has 0 spiro atoms. The Balaban J connectivity index is 1.45. The molecule has 0 saturated heterocycles. The monoisotopic (exact) mass is 488 g/mol. The predicted octanol–water partition coefficient (Wildman–Crippen LogP) is 4.93. The molecule has 0 aromatic heterocycles. The second-order valence-electron chi connectivity index (χ2n) is 9.36. The summed E-state index contributed by atoms with van der Waals surface area (Å²) < 4.78 is 5.95. The van der Waals surface area contributed by atoms with Crippen LogP contribution in [0.15, 0.2) is 66.7 Å². The van der Waals surface area contributed by atoms with Crippen LogP contribution < -0.4 is 9.64 Å². The fourth-order valence-corrected chi connectivity index (χ4v) is 4.71. The van der Waals surface area contributed by atoms with Crippen LogP contribution in [0.1, 0.15) is 45.7 Å². The molecule has 6 nitrogen and oxygen atoms in total. The Morgan fingerprint density at radius 3 is 2.40 bits per heavy atom. The number of amides is 2. The minimum absolute atomic E-state index is 0.122. The fourth-order valence-electron chi connectivity index (χ4n) is 4.58. The summed E-state index contributed by atoms with van der Waals surface area (Å²) in [5, 5.41) is 0.527. The predicted molar refractivity (Wildman–Crippen MR) is 134 cm³/mol. The lowest BCUT2D eigenvalue weighted by molar-refractivity contribution is -0.132. The van der Waals surface area contributed by atoms with E-state index in [1.165, 1.54) is 10.5 Å². The average Bonchev–Trinajstić information content (AvgIpc) is 2.86. The Bertz CT molecular complexity index is 1330. The normalized spacial score (nSPS) is 16.3. The maximum atomic E-state index is 13.4. The van der Waals surface area contributed by atoms with E-state index in [1.807, 2.05) is 23.1 Å². The fraction of sp³-hybridized carbons (Fsp3) is 0.250. The summed E-state index contributed by atoms with van der Waals surface area (Å²) in [6.07, 6.45) is 0.796. The third-order valence-electron chi connectivity index (χ3n) is 6.51. The maximum Gasteiger partial charge on any atom is 0.271 e. The van der Waals surface area contributed by atoms with E-state index in [4.69, 9.17) is 16.3 Å². The van der Waals surface area contributed by atoms with Gasteiger partial charge in [-0.3, -0.25) is 19.3 Å². The molecule has 178 valence electrons. The van der Waals surface area contributed by atoms with Gasteiger partial charge in [0.05, 0.1) is 12.2 Å². The number of hydrogen-bond acceptors (Lipinski definition) is 4. The maximum absolute atomic E-state index is 13.4. The van der Waals surface area contributed by atoms with E-state index in [9.17, 15) is 14.4 Å². The molecule has 0 unspecified atom stereocenters. The largest absolute Gasteiger partial charge is 0.476 e. The number of halogens is 1. The third-order valence-corrected chi connectivity index (χ3v) is 6.76. The summed E-state index contributed by atoms with van der Waals surface area (Å²) in [6.45, 7) is 4.32. The van der Waals surface area contributed by atoms with E-state index < -0.39 is 5.60 Å². The SMILES string of the molecule is CC1(C)Oc2ccc(C(=O)N3CCc4ccccc4C3)cc2N(CC(=O)c2ccc(Cl)cc2)C1=O. The van der Waals surface area contributed by atoms with Gasteiger partial charge in [-0.2, -0.15) is 0 Å². The molecular weight excluding hydrogens is 464 g/mol. The quantitative estimate of drug-likeness (QED) is 0.489.